The van der Waals surface area contributed by atoms with Crippen molar-refractivity contribution in [2.45, 2.75) is 76.3 Å². The van der Waals surface area contributed by atoms with Crippen LogP contribution in [0.3, 0.4) is 0 Å². The number of hydrogen-bond acceptors (Lipinski definition) is 12. The number of carbonyl (C=O) groups excluding carboxylic acids is 1. The molecule has 5 atom stereocenters. The molecule has 64 heavy (non-hydrogen) atoms. The Balaban J connectivity index is 1.33. The van der Waals surface area contributed by atoms with Gasteiger partial charge in [-0.1, -0.05) is 72.8 Å². The molecule has 4 aromatic carbocycles. The highest BCUT2D eigenvalue weighted by Crippen LogP contribution is 2.51. The number of nitrogens with one attached hydrogen (secondary N) is 1. The van der Waals surface area contributed by atoms with E-state index in [1.165, 1.54) is 6.33 Å². The zero-order chi connectivity index (χ0) is 45.2. The number of nitrogens with zero attached hydrogens (tertiary/aromatic N) is 5. The van der Waals surface area contributed by atoms with Crippen LogP contribution < -0.4 is 14.8 Å². The van der Waals surface area contributed by atoms with E-state index >= 15 is 0 Å². The van der Waals surface area contributed by atoms with Crippen LogP contribution in [0, 0.1) is 12.3 Å². The molecule has 0 radical (unpaired) electrons. The summed E-state index contributed by atoms with van der Waals surface area (Å²) in [6, 6.07) is 34.8. The van der Waals surface area contributed by atoms with Gasteiger partial charge in [0.1, 0.15) is 41.7 Å². The van der Waals surface area contributed by atoms with Gasteiger partial charge in [0.05, 0.1) is 33.8 Å². The monoisotopic (exact) mass is 886 g/mol. The number of amides is 1. The van der Waals surface area contributed by atoms with Crippen LogP contribution in [0.25, 0.3) is 11.2 Å². The highest BCUT2D eigenvalue weighted by atomic mass is 31.2. The van der Waals surface area contributed by atoms with E-state index in [1.54, 1.807) is 56.5 Å². The van der Waals surface area contributed by atoms with Gasteiger partial charge in [-0.05, 0) is 80.8 Å². The summed E-state index contributed by atoms with van der Waals surface area (Å²) >= 11 is 0. The van der Waals surface area contributed by atoms with Crippen LogP contribution in [0.4, 0.5) is 5.82 Å². The molecule has 7 rings (SSSR count). The molecule has 1 amide bonds. The molecule has 1 unspecified atom stereocenters. The predicted molar refractivity (Wildman–Crippen MR) is 246 cm³/mol. The topological polar surface area (TPSA) is 141 Å². The average molecular weight is 887 g/mol. The van der Waals surface area contributed by atoms with Gasteiger partial charge < -0.3 is 38.0 Å². The fraction of sp³-hybridized carbons (Fsp3) is 0.347. The number of carbonyl (C=O) groups is 1. The number of imidazole rings is 1. The number of ether oxygens (including phenoxy) is 5. The number of aromatic nitrogens is 4. The van der Waals surface area contributed by atoms with Crippen molar-refractivity contribution in [3.63, 3.8) is 0 Å². The van der Waals surface area contributed by atoms with Crippen molar-refractivity contribution in [2.75, 3.05) is 39.9 Å². The first-order chi connectivity index (χ1) is 31.1. The first-order valence-electron chi connectivity index (χ1n) is 21.2. The molecule has 0 spiro atoms. The average Bonchev–Trinajstić information content (AvgIpc) is 3.91. The molecule has 0 saturated carbocycles. The van der Waals surface area contributed by atoms with Crippen LogP contribution >= 0.6 is 8.53 Å². The molecule has 334 valence electrons. The Morgan fingerprint density at radius 1 is 0.828 bits per heavy atom. The third-order valence-corrected chi connectivity index (χ3v) is 13.1. The maximum atomic E-state index is 13.3. The molecule has 1 aliphatic heterocycles. The highest BCUT2D eigenvalue weighted by molar-refractivity contribution is 7.44. The molecule has 1 saturated heterocycles. The minimum absolute atomic E-state index is 0.0187. The predicted octanol–water partition coefficient (Wildman–Crippen LogP) is 8.79. The van der Waals surface area contributed by atoms with Crippen LogP contribution in [-0.2, 0) is 28.9 Å². The third-order valence-electron chi connectivity index (χ3n) is 11.0. The maximum Gasteiger partial charge on any atom is 0.259 e. The van der Waals surface area contributed by atoms with Crippen molar-refractivity contribution >= 4 is 31.4 Å². The van der Waals surface area contributed by atoms with Crippen molar-refractivity contribution in [2.24, 2.45) is 0 Å². The molecule has 1 N–H and O–H groups in total. The van der Waals surface area contributed by atoms with E-state index in [0.29, 0.717) is 41.3 Å². The Labute approximate surface area is 376 Å². The van der Waals surface area contributed by atoms with Gasteiger partial charge in [0, 0.05) is 31.2 Å². The minimum atomic E-state index is -1.72. The second kappa shape index (κ2) is 21.3. The Hall–Kier alpha value is -5.75. The van der Waals surface area contributed by atoms with E-state index in [-0.39, 0.29) is 30.4 Å². The fourth-order valence-corrected chi connectivity index (χ4v) is 9.80. The lowest BCUT2D eigenvalue weighted by Gasteiger charge is -2.39. The van der Waals surface area contributed by atoms with E-state index in [2.05, 4.69) is 53.6 Å². The van der Waals surface area contributed by atoms with Crippen LogP contribution in [0.5, 0.6) is 11.5 Å². The van der Waals surface area contributed by atoms with Crippen molar-refractivity contribution in [3.8, 4) is 23.8 Å². The van der Waals surface area contributed by atoms with Crippen LogP contribution in [0.2, 0.25) is 0 Å². The molecule has 0 bridgehead atoms. The Morgan fingerprint density at radius 3 is 1.98 bits per heavy atom. The number of terminal acetylenes is 1. The number of hydrogen-bond donors (Lipinski definition) is 1. The number of benzene rings is 4. The molecule has 2 aromatic heterocycles. The van der Waals surface area contributed by atoms with Crippen molar-refractivity contribution in [1.82, 2.24) is 24.2 Å². The zero-order valence-electron chi connectivity index (χ0n) is 37.2. The van der Waals surface area contributed by atoms with Crippen molar-refractivity contribution in [3.05, 3.63) is 144 Å². The lowest BCUT2D eigenvalue weighted by atomic mass is 9.80. The molecule has 1 aliphatic rings. The standard InChI is InChI=1S/C49H55N6O8P/c1-9-10-29-61-64(55(33(2)3)34(4)5)63-43-41(62-48(44(43)59-8)54-32-52-42-45(50-31-51-46(42)54)53-47(56)35-17-13-11-14-18-35)30-60-49(36-19-15-12-16-20-36,37-21-25-39(57-6)26-22-37)38-23-27-40(58-7)28-24-38/h1,11-28,31-34,41,43-44,48H,10,29-30H2,2-8H3,(H,50,51,53,56)/t41-,43-,44-,48-,64?/m1/s1. The van der Waals surface area contributed by atoms with E-state index in [4.69, 9.17) is 44.1 Å². The zero-order valence-corrected chi connectivity index (χ0v) is 38.1. The molecular weight excluding hydrogens is 832 g/mol. The molecule has 15 heteroatoms. The second-order valence-corrected chi connectivity index (χ2v) is 17.0. The maximum absolute atomic E-state index is 13.3. The Bertz CT molecular complexity index is 2410. The van der Waals surface area contributed by atoms with Crippen LogP contribution in [0.15, 0.2) is 122 Å². The normalized spacial score (nSPS) is 18.1. The summed E-state index contributed by atoms with van der Waals surface area (Å²) < 4.78 is 49.7. The van der Waals surface area contributed by atoms with E-state index in [0.717, 1.165) is 16.7 Å². The largest absolute Gasteiger partial charge is 0.497 e. The molecule has 14 nitrogen and oxygen atoms in total. The molecule has 0 aliphatic carbocycles. The van der Waals surface area contributed by atoms with Gasteiger partial charge in [0.2, 0.25) is 0 Å². The summed E-state index contributed by atoms with van der Waals surface area (Å²) in [5.41, 5.74) is 2.69. The third kappa shape index (κ3) is 9.82. The van der Waals surface area contributed by atoms with Gasteiger partial charge in [-0.2, -0.15) is 0 Å². The van der Waals surface area contributed by atoms with Gasteiger partial charge in [-0.25, -0.2) is 19.6 Å². The fourth-order valence-electron chi connectivity index (χ4n) is 8.04. The number of rotatable bonds is 20. The summed E-state index contributed by atoms with van der Waals surface area (Å²) in [5, 5.41) is 2.90. The quantitative estimate of drug-likeness (QED) is 0.0339. The summed E-state index contributed by atoms with van der Waals surface area (Å²) in [6.07, 6.45) is 6.00. The number of methoxy groups -OCH3 is 3. The molecule has 3 heterocycles. The Kier molecular flexibility index (Phi) is 15.4. The molecule has 1 fully saturated rings. The van der Waals surface area contributed by atoms with Crippen molar-refractivity contribution in [1.29, 1.82) is 0 Å². The SMILES string of the molecule is C#CCCOP(O[C@H]1[C@@H](OC)[C@H](n2cnc3c(NC(=O)c4ccccc4)ncnc32)O[C@@H]1COC(c1ccccc1)(c1ccc(OC)cc1)c1ccc(OC)cc1)N(C(C)C)C(C)C. The van der Waals surface area contributed by atoms with Gasteiger partial charge in [-0.15, -0.1) is 12.3 Å². The molecule has 6 aromatic rings. The molecular formula is C49H55N6O8P. The number of fused-ring (bicyclic) bond motifs is 1. The van der Waals surface area contributed by atoms with Crippen LogP contribution in [0.1, 0.15) is 67.4 Å². The lowest BCUT2D eigenvalue weighted by Crippen LogP contribution is -2.42. The lowest BCUT2D eigenvalue weighted by molar-refractivity contribution is -0.0938. The van der Waals surface area contributed by atoms with E-state index in [1.807, 2.05) is 84.9 Å². The van der Waals surface area contributed by atoms with E-state index in [9.17, 15) is 4.79 Å². The van der Waals surface area contributed by atoms with Gasteiger partial charge in [0.15, 0.2) is 23.2 Å². The summed E-state index contributed by atoms with van der Waals surface area (Å²) in [6.45, 7) is 8.74. The van der Waals surface area contributed by atoms with Gasteiger partial charge in [-0.3, -0.25) is 9.36 Å². The highest BCUT2D eigenvalue weighted by Gasteiger charge is 2.51. The first kappa shape index (κ1) is 46.2. The first-order valence-corrected chi connectivity index (χ1v) is 22.3. The van der Waals surface area contributed by atoms with Crippen molar-refractivity contribution < 1.29 is 37.5 Å². The smallest absolute Gasteiger partial charge is 0.259 e. The summed E-state index contributed by atoms with van der Waals surface area (Å²) in [4.78, 5) is 27.0. The summed E-state index contributed by atoms with van der Waals surface area (Å²) in [7, 11) is 3.18. The summed E-state index contributed by atoms with van der Waals surface area (Å²) in [5.74, 6) is 4.01. The van der Waals surface area contributed by atoms with Crippen LogP contribution in [-0.4, -0.2) is 95.0 Å². The van der Waals surface area contributed by atoms with E-state index < -0.39 is 38.7 Å². The number of anilines is 1. The van der Waals surface area contributed by atoms with Gasteiger partial charge in [0.25, 0.3) is 14.4 Å². The minimum Gasteiger partial charge on any atom is -0.497 e. The Morgan fingerprint density at radius 2 is 1.42 bits per heavy atom. The van der Waals surface area contributed by atoms with Gasteiger partial charge >= 0.3 is 0 Å². The second-order valence-electron chi connectivity index (χ2n) is 15.6.